The number of anilines is 1. The zero-order valence-electron chi connectivity index (χ0n) is 18.6. The third kappa shape index (κ3) is 3.73. The summed E-state index contributed by atoms with van der Waals surface area (Å²) in [6.07, 6.45) is 5.97. The number of likely N-dealkylation sites (tertiary alicyclic amines) is 1. The first-order chi connectivity index (χ1) is 15.4. The number of aromatic nitrogens is 3. The molecular formula is C24H29ClN6O. The number of hydrogen-bond donors (Lipinski definition) is 1. The molecule has 0 saturated carbocycles. The highest BCUT2D eigenvalue weighted by atomic mass is 35.5. The maximum Gasteiger partial charge on any atom is 0.254 e. The predicted octanol–water partition coefficient (Wildman–Crippen LogP) is 3.90. The van der Waals surface area contributed by atoms with Crippen LogP contribution in [0.3, 0.4) is 0 Å². The fourth-order valence-electron chi connectivity index (χ4n) is 4.96. The van der Waals surface area contributed by atoms with Gasteiger partial charge < -0.3 is 15.5 Å². The molecule has 1 amide bonds. The van der Waals surface area contributed by atoms with Gasteiger partial charge in [0.1, 0.15) is 5.82 Å². The van der Waals surface area contributed by atoms with E-state index in [4.69, 9.17) is 27.4 Å². The molecule has 0 spiro atoms. The Labute approximate surface area is 193 Å². The van der Waals surface area contributed by atoms with Gasteiger partial charge in [0.05, 0.1) is 11.7 Å². The second kappa shape index (κ2) is 8.37. The minimum atomic E-state index is -0.0692. The van der Waals surface area contributed by atoms with Gasteiger partial charge in [0.25, 0.3) is 5.91 Å². The summed E-state index contributed by atoms with van der Waals surface area (Å²) in [7, 11) is 0. The normalized spacial score (nSPS) is 21.5. The van der Waals surface area contributed by atoms with Crippen LogP contribution < -0.4 is 10.6 Å². The third-order valence-corrected chi connectivity index (χ3v) is 7.16. The van der Waals surface area contributed by atoms with E-state index in [1.807, 2.05) is 46.8 Å². The number of amides is 1. The van der Waals surface area contributed by atoms with Crippen LogP contribution in [-0.4, -0.2) is 51.1 Å². The lowest BCUT2D eigenvalue weighted by molar-refractivity contribution is 0.0605. The largest absolute Gasteiger partial charge is 0.355 e. The highest BCUT2D eigenvalue weighted by Crippen LogP contribution is 2.33. The fraction of sp³-hybridized carbons (Fsp3) is 0.458. The molecule has 7 nitrogen and oxygen atoms in total. The molecule has 2 atom stereocenters. The van der Waals surface area contributed by atoms with E-state index in [0.717, 1.165) is 67.1 Å². The SMILES string of the molecule is Cc1cn2nc([C@@H]3CCCCN3C(=O)c3cccc(Cl)c3C)cc2nc1N1CC[C@H](N)C1. The van der Waals surface area contributed by atoms with Crippen LogP contribution in [0.1, 0.15) is 58.9 Å². The first kappa shape index (κ1) is 21.2. The van der Waals surface area contributed by atoms with E-state index in [9.17, 15) is 4.79 Å². The maximum atomic E-state index is 13.5. The number of carbonyl (C=O) groups excluding carboxylic acids is 1. The smallest absolute Gasteiger partial charge is 0.254 e. The molecule has 168 valence electrons. The van der Waals surface area contributed by atoms with E-state index in [0.29, 0.717) is 17.1 Å². The number of hydrogen-bond acceptors (Lipinski definition) is 5. The molecule has 0 radical (unpaired) electrons. The number of halogens is 1. The van der Waals surface area contributed by atoms with Crippen LogP contribution >= 0.6 is 11.6 Å². The summed E-state index contributed by atoms with van der Waals surface area (Å²) < 4.78 is 1.84. The molecule has 2 saturated heterocycles. The van der Waals surface area contributed by atoms with Crippen LogP contribution in [0.15, 0.2) is 30.5 Å². The van der Waals surface area contributed by atoms with Gasteiger partial charge in [-0.05, 0) is 57.2 Å². The van der Waals surface area contributed by atoms with Gasteiger partial charge in [-0.1, -0.05) is 17.7 Å². The van der Waals surface area contributed by atoms with Gasteiger partial charge in [-0.25, -0.2) is 9.50 Å². The molecule has 0 unspecified atom stereocenters. The molecule has 32 heavy (non-hydrogen) atoms. The van der Waals surface area contributed by atoms with Gasteiger partial charge in [-0.2, -0.15) is 5.10 Å². The zero-order valence-corrected chi connectivity index (χ0v) is 19.3. The van der Waals surface area contributed by atoms with Crippen molar-refractivity contribution in [1.82, 2.24) is 19.5 Å². The van der Waals surface area contributed by atoms with Crippen molar-refractivity contribution in [2.45, 2.75) is 51.6 Å². The Kier molecular flexibility index (Phi) is 5.55. The lowest BCUT2D eigenvalue weighted by atomic mass is 9.97. The van der Waals surface area contributed by atoms with Crippen molar-refractivity contribution in [3.63, 3.8) is 0 Å². The molecule has 2 aliphatic heterocycles. The summed E-state index contributed by atoms with van der Waals surface area (Å²) in [6.45, 7) is 6.43. The molecule has 2 aliphatic rings. The number of fused-ring (bicyclic) bond motifs is 1. The number of piperidine rings is 1. The number of aryl methyl sites for hydroxylation is 1. The van der Waals surface area contributed by atoms with Gasteiger partial charge in [0.15, 0.2) is 5.65 Å². The summed E-state index contributed by atoms with van der Waals surface area (Å²) >= 11 is 6.29. The topological polar surface area (TPSA) is 79.8 Å². The molecule has 4 heterocycles. The van der Waals surface area contributed by atoms with Gasteiger partial charge >= 0.3 is 0 Å². The van der Waals surface area contributed by atoms with E-state index in [1.54, 1.807) is 0 Å². The van der Waals surface area contributed by atoms with Gasteiger partial charge in [-0.3, -0.25) is 4.79 Å². The van der Waals surface area contributed by atoms with E-state index in [-0.39, 0.29) is 18.0 Å². The van der Waals surface area contributed by atoms with Crippen molar-refractivity contribution in [3.8, 4) is 0 Å². The van der Waals surface area contributed by atoms with Gasteiger partial charge in [0.2, 0.25) is 0 Å². The first-order valence-corrected chi connectivity index (χ1v) is 11.7. The Morgan fingerprint density at radius 3 is 2.81 bits per heavy atom. The summed E-state index contributed by atoms with van der Waals surface area (Å²) in [5.41, 5.74) is 10.4. The highest BCUT2D eigenvalue weighted by Gasteiger charge is 2.32. The van der Waals surface area contributed by atoms with E-state index in [1.165, 1.54) is 0 Å². The average molecular weight is 453 g/mol. The van der Waals surface area contributed by atoms with Crippen LogP contribution in [0.5, 0.6) is 0 Å². The quantitative estimate of drug-likeness (QED) is 0.651. The maximum absolute atomic E-state index is 13.5. The number of nitrogens with zero attached hydrogens (tertiary/aromatic N) is 5. The number of carbonyl (C=O) groups is 1. The zero-order chi connectivity index (χ0) is 22.4. The van der Waals surface area contributed by atoms with E-state index in [2.05, 4.69) is 11.8 Å². The summed E-state index contributed by atoms with van der Waals surface area (Å²) in [5, 5.41) is 5.45. The Hall–Kier alpha value is -2.64. The fourth-order valence-corrected chi connectivity index (χ4v) is 5.13. The molecular weight excluding hydrogens is 424 g/mol. The third-order valence-electron chi connectivity index (χ3n) is 6.75. The van der Waals surface area contributed by atoms with E-state index >= 15 is 0 Å². The van der Waals surface area contributed by atoms with Crippen molar-refractivity contribution in [1.29, 1.82) is 0 Å². The number of nitrogens with two attached hydrogens (primary N) is 1. The molecule has 5 rings (SSSR count). The van der Waals surface area contributed by atoms with Gasteiger partial charge in [0, 0.05) is 54.1 Å². The Balaban J connectivity index is 1.48. The Morgan fingerprint density at radius 1 is 1.19 bits per heavy atom. The predicted molar refractivity (Wildman–Crippen MR) is 126 cm³/mol. The van der Waals surface area contributed by atoms with Crippen molar-refractivity contribution in [3.05, 3.63) is 57.9 Å². The van der Waals surface area contributed by atoms with Gasteiger partial charge in [-0.15, -0.1) is 0 Å². The van der Waals surface area contributed by atoms with E-state index < -0.39 is 0 Å². The second-order valence-electron chi connectivity index (χ2n) is 9.04. The van der Waals surface area contributed by atoms with Crippen LogP contribution in [0.25, 0.3) is 5.65 Å². The summed E-state index contributed by atoms with van der Waals surface area (Å²) in [4.78, 5) is 22.6. The summed E-state index contributed by atoms with van der Waals surface area (Å²) in [6, 6.07) is 7.68. The van der Waals surface area contributed by atoms with Crippen LogP contribution in [0, 0.1) is 13.8 Å². The minimum absolute atomic E-state index is 0.0163. The second-order valence-corrected chi connectivity index (χ2v) is 9.44. The van der Waals surface area contributed by atoms with Crippen molar-refractivity contribution >= 4 is 29.0 Å². The minimum Gasteiger partial charge on any atom is -0.355 e. The Morgan fingerprint density at radius 2 is 2.03 bits per heavy atom. The molecule has 8 heteroatoms. The van der Waals surface area contributed by atoms with Crippen molar-refractivity contribution < 1.29 is 4.79 Å². The van der Waals surface area contributed by atoms with Crippen molar-refractivity contribution in [2.24, 2.45) is 5.73 Å². The first-order valence-electron chi connectivity index (χ1n) is 11.4. The lowest BCUT2D eigenvalue weighted by Crippen LogP contribution is -2.39. The molecule has 1 aromatic carbocycles. The number of rotatable bonds is 3. The molecule has 2 aromatic heterocycles. The number of benzene rings is 1. The molecule has 0 aliphatic carbocycles. The molecule has 2 fully saturated rings. The highest BCUT2D eigenvalue weighted by molar-refractivity contribution is 6.31. The van der Waals surface area contributed by atoms with Crippen molar-refractivity contribution in [2.75, 3.05) is 24.5 Å². The lowest BCUT2D eigenvalue weighted by Gasteiger charge is -2.35. The van der Waals surface area contributed by atoms with Crippen LogP contribution in [-0.2, 0) is 0 Å². The van der Waals surface area contributed by atoms with Crippen LogP contribution in [0.4, 0.5) is 5.82 Å². The molecule has 3 aromatic rings. The molecule has 2 N–H and O–H groups in total. The Bertz CT molecular complexity index is 1170. The monoisotopic (exact) mass is 452 g/mol. The standard InChI is InChI=1S/C24H29ClN6O/c1-15-13-31-22(27-23(15)29-11-9-17(26)14-29)12-20(28-31)21-8-3-4-10-30(21)24(32)18-6-5-7-19(25)16(18)2/h5-7,12-13,17,21H,3-4,8-11,14,26H2,1-2H3/t17-,21-/m0/s1. The average Bonchev–Trinajstić information content (AvgIpc) is 3.40. The van der Waals surface area contributed by atoms with Crippen LogP contribution in [0.2, 0.25) is 5.02 Å². The summed E-state index contributed by atoms with van der Waals surface area (Å²) in [5.74, 6) is 0.991. The molecule has 0 bridgehead atoms.